The summed E-state index contributed by atoms with van der Waals surface area (Å²) in [5.74, 6) is -0.322. The molecule has 3 aromatic rings. The molecule has 2 aromatic heterocycles. The standard InChI is InChI=1S/C16H14N4O2/c1-11-6-7-16(22)20(19-11)10-15(21)18-13-8-12-4-2-3-5-14(12)17-9-13/h2-9H,10H2,1H3,(H,18,21). The predicted octanol–water partition coefficient (Wildman–Crippen LogP) is 1.74. The lowest BCUT2D eigenvalue weighted by Gasteiger charge is -2.07. The molecule has 3 rings (SSSR count). The van der Waals surface area contributed by atoms with E-state index in [4.69, 9.17) is 0 Å². The zero-order chi connectivity index (χ0) is 15.5. The van der Waals surface area contributed by atoms with Crippen LogP contribution in [0.4, 0.5) is 5.69 Å². The largest absolute Gasteiger partial charge is 0.323 e. The fourth-order valence-corrected chi connectivity index (χ4v) is 2.14. The summed E-state index contributed by atoms with van der Waals surface area (Å²) in [7, 11) is 0. The number of amides is 1. The van der Waals surface area contributed by atoms with Crippen molar-refractivity contribution >= 4 is 22.5 Å². The van der Waals surface area contributed by atoms with E-state index in [2.05, 4.69) is 15.4 Å². The Kier molecular flexibility index (Phi) is 3.65. The Morgan fingerprint density at radius 2 is 2.05 bits per heavy atom. The Balaban J connectivity index is 1.78. The molecule has 22 heavy (non-hydrogen) atoms. The third-order valence-electron chi connectivity index (χ3n) is 3.17. The van der Waals surface area contributed by atoms with Crippen LogP contribution in [0.15, 0.2) is 53.5 Å². The highest BCUT2D eigenvalue weighted by atomic mass is 16.2. The molecule has 110 valence electrons. The number of hydrogen-bond donors (Lipinski definition) is 1. The maximum Gasteiger partial charge on any atom is 0.267 e. The van der Waals surface area contributed by atoms with Gasteiger partial charge in [-0.1, -0.05) is 18.2 Å². The highest BCUT2D eigenvalue weighted by Crippen LogP contribution is 2.15. The van der Waals surface area contributed by atoms with E-state index >= 15 is 0 Å². The maximum absolute atomic E-state index is 12.0. The molecule has 1 aromatic carbocycles. The van der Waals surface area contributed by atoms with Crippen LogP contribution in [0.1, 0.15) is 5.69 Å². The van der Waals surface area contributed by atoms with Crippen LogP contribution in [0, 0.1) is 6.92 Å². The molecule has 2 heterocycles. The van der Waals surface area contributed by atoms with E-state index in [9.17, 15) is 9.59 Å². The first-order chi connectivity index (χ1) is 10.6. The number of aryl methyl sites for hydroxylation is 1. The molecule has 0 aliphatic rings. The van der Waals surface area contributed by atoms with E-state index in [1.165, 1.54) is 6.07 Å². The molecule has 0 aliphatic carbocycles. The summed E-state index contributed by atoms with van der Waals surface area (Å²) in [5.41, 5.74) is 1.82. The van der Waals surface area contributed by atoms with Crippen LogP contribution in [0.2, 0.25) is 0 Å². The van der Waals surface area contributed by atoms with Crippen LogP contribution in [-0.2, 0) is 11.3 Å². The number of carbonyl (C=O) groups excluding carboxylic acids is 1. The van der Waals surface area contributed by atoms with Gasteiger partial charge in [-0.15, -0.1) is 0 Å². The number of pyridine rings is 1. The highest BCUT2D eigenvalue weighted by Gasteiger charge is 2.07. The Morgan fingerprint density at radius 1 is 1.23 bits per heavy atom. The number of anilines is 1. The van der Waals surface area contributed by atoms with Gasteiger partial charge >= 0.3 is 0 Å². The van der Waals surface area contributed by atoms with Crippen LogP contribution in [0.25, 0.3) is 10.9 Å². The minimum Gasteiger partial charge on any atom is -0.323 e. The Labute approximate surface area is 126 Å². The van der Waals surface area contributed by atoms with Gasteiger partial charge in [-0.05, 0) is 25.1 Å². The minimum atomic E-state index is -0.322. The topological polar surface area (TPSA) is 76.9 Å². The molecule has 6 nitrogen and oxygen atoms in total. The zero-order valence-electron chi connectivity index (χ0n) is 12.0. The number of nitrogens with zero attached hydrogens (tertiary/aromatic N) is 3. The van der Waals surface area contributed by atoms with Crippen molar-refractivity contribution in [2.24, 2.45) is 0 Å². The smallest absolute Gasteiger partial charge is 0.267 e. The predicted molar refractivity (Wildman–Crippen MR) is 83.6 cm³/mol. The lowest BCUT2D eigenvalue weighted by molar-refractivity contribution is -0.117. The first-order valence-electron chi connectivity index (χ1n) is 6.81. The number of hydrogen-bond acceptors (Lipinski definition) is 4. The van der Waals surface area contributed by atoms with E-state index in [1.54, 1.807) is 19.2 Å². The molecule has 0 bridgehead atoms. The van der Waals surface area contributed by atoms with Crippen LogP contribution < -0.4 is 10.9 Å². The summed E-state index contributed by atoms with van der Waals surface area (Å²) in [6.45, 7) is 1.63. The monoisotopic (exact) mass is 294 g/mol. The van der Waals surface area contributed by atoms with Crippen molar-refractivity contribution in [3.63, 3.8) is 0 Å². The van der Waals surface area contributed by atoms with Gasteiger partial charge < -0.3 is 5.32 Å². The molecular weight excluding hydrogens is 280 g/mol. The van der Waals surface area contributed by atoms with E-state index in [0.717, 1.165) is 15.6 Å². The SMILES string of the molecule is Cc1ccc(=O)n(CC(=O)Nc2cnc3ccccc3c2)n1. The molecule has 1 N–H and O–H groups in total. The van der Waals surface area contributed by atoms with Gasteiger partial charge in [0.1, 0.15) is 6.54 Å². The summed E-state index contributed by atoms with van der Waals surface area (Å²) >= 11 is 0. The number of fused-ring (bicyclic) bond motifs is 1. The number of carbonyl (C=O) groups is 1. The first kappa shape index (κ1) is 13.9. The molecular formula is C16H14N4O2. The van der Waals surface area contributed by atoms with E-state index in [1.807, 2.05) is 30.3 Å². The number of rotatable bonds is 3. The second-order valence-electron chi connectivity index (χ2n) is 4.94. The summed E-state index contributed by atoms with van der Waals surface area (Å²) in [4.78, 5) is 28.0. The first-order valence-corrected chi connectivity index (χ1v) is 6.81. The molecule has 0 fully saturated rings. The average Bonchev–Trinajstić information content (AvgIpc) is 2.51. The van der Waals surface area contributed by atoms with Crippen molar-refractivity contribution in [3.8, 4) is 0 Å². The third-order valence-corrected chi connectivity index (χ3v) is 3.17. The molecule has 0 radical (unpaired) electrons. The summed E-state index contributed by atoms with van der Waals surface area (Å²) in [6.07, 6.45) is 1.59. The van der Waals surface area contributed by atoms with E-state index < -0.39 is 0 Å². The second-order valence-corrected chi connectivity index (χ2v) is 4.94. The summed E-state index contributed by atoms with van der Waals surface area (Å²) < 4.78 is 1.14. The van der Waals surface area contributed by atoms with Gasteiger partial charge in [0.2, 0.25) is 5.91 Å². The number of benzene rings is 1. The van der Waals surface area contributed by atoms with Gasteiger partial charge in [0.05, 0.1) is 23.1 Å². The highest BCUT2D eigenvalue weighted by molar-refractivity contribution is 5.92. The van der Waals surface area contributed by atoms with Gasteiger partial charge in [0.15, 0.2) is 0 Å². The van der Waals surface area contributed by atoms with Crippen LogP contribution in [0.5, 0.6) is 0 Å². The maximum atomic E-state index is 12.0. The molecule has 0 saturated heterocycles. The van der Waals surface area contributed by atoms with Crippen molar-refractivity contribution in [3.05, 3.63) is 64.7 Å². The Hall–Kier alpha value is -3.02. The van der Waals surface area contributed by atoms with E-state index in [0.29, 0.717) is 11.4 Å². The second kappa shape index (κ2) is 5.77. The quantitative estimate of drug-likeness (QED) is 0.798. The van der Waals surface area contributed by atoms with Crippen molar-refractivity contribution in [1.82, 2.24) is 14.8 Å². The van der Waals surface area contributed by atoms with Gasteiger partial charge in [0.25, 0.3) is 5.56 Å². The molecule has 0 aliphatic heterocycles. The van der Waals surface area contributed by atoms with Crippen LogP contribution >= 0.6 is 0 Å². The zero-order valence-corrected chi connectivity index (χ0v) is 12.0. The van der Waals surface area contributed by atoms with Crippen molar-refractivity contribution in [1.29, 1.82) is 0 Å². The fourth-order valence-electron chi connectivity index (χ4n) is 2.14. The van der Waals surface area contributed by atoms with Crippen molar-refractivity contribution in [2.75, 3.05) is 5.32 Å². The Morgan fingerprint density at radius 3 is 2.91 bits per heavy atom. The van der Waals surface area contributed by atoms with Gasteiger partial charge in [0, 0.05) is 11.5 Å². The van der Waals surface area contributed by atoms with Crippen LogP contribution in [0.3, 0.4) is 0 Å². The lowest BCUT2D eigenvalue weighted by Crippen LogP contribution is -2.29. The van der Waals surface area contributed by atoms with E-state index in [-0.39, 0.29) is 18.0 Å². The van der Waals surface area contributed by atoms with Crippen molar-refractivity contribution < 1.29 is 4.79 Å². The van der Waals surface area contributed by atoms with Crippen LogP contribution in [-0.4, -0.2) is 20.7 Å². The fraction of sp³-hybridized carbons (Fsp3) is 0.125. The minimum absolute atomic E-state index is 0.132. The third kappa shape index (κ3) is 3.01. The molecule has 0 atom stereocenters. The van der Waals surface area contributed by atoms with Crippen molar-refractivity contribution in [2.45, 2.75) is 13.5 Å². The lowest BCUT2D eigenvalue weighted by atomic mass is 10.2. The molecule has 0 spiro atoms. The summed E-state index contributed by atoms with van der Waals surface area (Å²) in [6, 6.07) is 12.5. The summed E-state index contributed by atoms with van der Waals surface area (Å²) in [5, 5.41) is 7.70. The number of nitrogens with one attached hydrogen (secondary N) is 1. The number of aromatic nitrogens is 3. The normalized spacial score (nSPS) is 10.6. The number of para-hydroxylation sites is 1. The average molecular weight is 294 g/mol. The van der Waals surface area contributed by atoms with Gasteiger partial charge in [-0.25, -0.2) is 4.68 Å². The molecule has 1 amide bonds. The molecule has 0 unspecified atom stereocenters. The van der Waals surface area contributed by atoms with Gasteiger partial charge in [-0.2, -0.15) is 5.10 Å². The molecule has 0 saturated carbocycles. The van der Waals surface area contributed by atoms with Gasteiger partial charge in [-0.3, -0.25) is 14.6 Å². The molecule has 6 heteroatoms. The Bertz CT molecular complexity index is 902.